The zero-order chi connectivity index (χ0) is 19.9. The van der Waals surface area contributed by atoms with Gasteiger partial charge < -0.3 is 5.11 Å². The van der Waals surface area contributed by atoms with E-state index in [1.165, 1.54) is 22.0 Å². The summed E-state index contributed by atoms with van der Waals surface area (Å²) >= 11 is 4.67. The van der Waals surface area contributed by atoms with E-state index in [-0.39, 0.29) is 16.1 Å². The van der Waals surface area contributed by atoms with Gasteiger partial charge in [-0.25, -0.2) is 0 Å². The van der Waals surface area contributed by atoms with Crippen molar-refractivity contribution in [2.45, 2.75) is 71.5 Å². The van der Waals surface area contributed by atoms with Crippen LogP contribution in [0.5, 0.6) is 5.75 Å². The summed E-state index contributed by atoms with van der Waals surface area (Å²) in [4.78, 5) is 0. The van der Waals surface area contributed by atoms with Crippen LogP contribution in [0.3, 0.4) is 0 Å². The minimum atomic E-state index is -0.0997. The Balaban J connectivity index is 2.63. The first kappa shape index (κ1) is 21.3. The minimum absolute atomic E-state index is 0.0415. The molecule has 0 aliphatic carbocycles. The van der Waals surface area contributed by atoms with Gasteiger partial charge in [-0.2, -0.15) is 12.6 Å². The van der Waals surface area contributed by atoms with Crippen molar-refractivity contribution in [1.82, 2.24) is 0 Å². The lowest BCUT2D eigenvalue weighted by Crippen LogP contribution is -2.21. The van der Waals surface area contributed by atoms with Crippen molar-refractivity contribution in [2.75, 3.05) is 0 Å². The van der Waals surface area contributed by atoms with Gasteiger partial charge in [0.2, 0.25) is 0 Å². The van der Waals surface area contributed by atoms with E-state index >= 15 is 0 Å². The van der Waals surface area contributed by atoms with E-state index in [1.54, 1.807) is 0 Å². The Morgan fingerprint density at radius 1 is 0.923 bits per heavy atom. The van der Waals surface area contributed by atoms with Crippen LogP contribution in [-0.4, -0.2) is 5.11 Å². The smallest absolute Gasteiger partial charge is 0.127 e. The van der Waals surface area contributed by atoms with Crippen molar-refractivity contribution >= 4 is 31.8 Å². The van der Waals surface area contributed by atoms with Crippen molar-refractivity contribution in [3.63, 3.8) is 0 Å². The fourth-order valence-electron chi connectivity index (χ4n) is 3.02. The molecule has 2 rings (SSSR count). The third-order valence-electron chi connectivity index (χ3n) is 4.71. The van der Waals surface area contributed by atoms with Gasteiger partial charge in [0.05, 0.1) is 0 Å². The van der Waals surface area contributed by atoms with E-state index in [9.17, 15) is 5.11 Å². The number of thiol groups is 1. The second-order valence-corrected chi connectivity index (χ2v) is 11.4. The molecule has 0 fully saturated rings. The number of phenolic OH excluding ortho intramolecular Hbond substituents is 1. The zero-order valence-corrected chi connectivity index (χ0v) is 19.3. The summed E-state index contributed by atoms with van der Waals surface area (Å²) in [5, 5.41) is 13.5. The van der Waals surface area contributed by atoms with Gasteiger partial charge >= 0.3 is 0 Å². The van der Waals surface area contributed by atoms with Crippen molar-refractivity contribution in [3.8, 4) is 5.75 Å². The van der Waals surface area contributed by atoms with Crippen molar-refractivity contribution in [3.05, 3.63) is 52.6 Å². The molecule has 0 aliphatic heterocycles. The first-order valence-corrected chi connectivity index (χ1v) is 10.8. The molecule has 0 aromatic heterocycles. The third kappa shape index (κ3) is 4.84. The molecule has 0 saturated carbocycles. The van der Waals surface area contributed by atoms with Gasteiger partial charge in [-0.05, 0) is 47.2 Å². The minimum Gasteiger partial charge on any atom is -0.507 e. The molecule has 0 bridgehead atoms. The molecule has 2 aromatic rings. The normalized spacial score (nSPS) is 14.2. The molecule has 0 saturated heterocycles. The number of hydrogen-bond donors (Lipinski definition) is 2. The van der Waals surface area contributed by atoms with E-state index in [4.69, 9.17) is 0 Å². The number of phenols is 1. The SMILES string of the molecule is Cc1ccc(Pc2cc(C(C)(C)C)cc(C(C)(C)C)c2O)c(C(C)S)c1. The molecule has 0 heterocycles. The van der Waals surface area contributed by atoms with E-state index < -0.39 is 0 Å². The summed E-state index contributed by atoms with van der Waals surface area (Å²) in [6.45, 7) is 17.4. The van der Waals surface area contributed by atoms with Gasteiger partial charge in [-0.3, -0.25) is 0 Å². The van der Waals surface area contributed by atoms with Crippen molar-refractivity contribution in [1.29, 1.82) is 0 Å². The molecule has 2 unspecified atom stereocenters. The molecule has 142 valence electrons. The van der Waals surface area contributed by atoms with Crippen LogP contribution in [0.2, 0.25) is 0 Å². The number of aromatic hydroxyl groups is 1. The second kappa shape index (κ2) is 7.56. The molecule has 0 spiro atoms. The van der Waals surface area contributed by atoms with Crippen LogP contribution in [-0.2, 0) is 10.8 Å². The molecule has 26 heavy (non-hydrogen) atoms. The summed E-state index contributed by atoms with van der Waals surface area (Å²) in [5.41, 5.74) is 4.74. The number of aryl methyl sites for hydroxylation is 1. The number of hydrogen-bond acceptors (Lipinski definition) is 2. The predicted octanol–water partition coefficient (Wildman–Crippen LogP) is 5.92. The van der Waals surface area contributed by atoms with Crippen LogP contribution in [0.1, 0.15) is 76.0 Å². The lowest BCUT2D eigenvalue weighted by atomic mass is 9.80. The first-order chi connectivity index (χ1) is 11.8. The lowest BCUT2D eigenvalue weighted by Gasteiger charge is -2.28. The lowest BCUT2D eigenvalue weighted by molar-refractivity contribution is 0.449. The highest BCUT2D eigenvalue weighted by Gasteiger charge is 2.25. The highest BCUT2D eigenvalue weighted by atomic mass is 32.1. The van der Waals surface area contributed by atoms with E-state index in [0.717, 1.165) is 10.9 Å². The Labute approximate surface area is 166 Å². The summed E-state index contributed by atoms with van der Waals surface area (Å²) in [6, 6.07) is 10.9. The van der Waals surface area contributed by atoms with Crippen LogP contribution in [0.4, 0.5) is 0 Å². The van der Waals surface area contributed by atoms with Crippen LogP contribution >= 0.6 is 21.2 Å². The maximum absolute atomic E-state index is 11.0. The Bertz CT molecular complexity index is 795. The maximum atomic E-state index is 11.0. The van der Waals surface area contributed by atoms with E-state index in [1.807, 2.05) is 0 Å². The topological polar surface area (TPSA) is 20.2 Å². The van der Waals surface area contributed by atoms with Gasteiger partial charge in [0.1, 0.15) is 5.75 Å². The zero-order valence-electron chi connectivity index (χ0n) is 17.4. The molecular weight excluding hydrogens is 355 g/mol. The van der Waals surface area contributed by atoms with Gasteiger partial charge in [0.15, 0.2) is 0 Å². The molecule has 1 N–H and O–H groups in total. The van der Waals surface area contributed by atoms with Gasteiger partial charge in [-0.15, -0.1) is 0 Å². The summed E-state index contributed by atoms with van der Waals surface area (Å²) in [7, 11) is 0.416. The molecule has 0 amide bonds. The van der Waals surface area contributed by atoms with Gasteiger partial charge in [0, 0.05) is 16.1 Å². The summed E-state index contributed by atoms with van der Waals surface area (Å²) in [6.07, 6.45) is 0. The van der Waals surface area contributed by atoms with Crippen LogP contribution in [0, 0.1) is 6.92 Å². The van der Waals surface area contributed by atoms with Gasteiger partial charge in [-0.1, -0.05) is 80.0 Å². The van der Waals surface area contributed by atoms with Crippen LogP contribution in [0.15, 0.2) is 30.3 Å². The quantitative estimate of drug-likeness (QED) is 0.494. The average molecular weight is 389 g/mol. The molecule has 2 aromatic carbocycles. The summed E-state index contributed by atoms with van der Waals surface area (Å²) in [5.74, 6) is 0.446. The van der Waals surface area contributed by atoms with Crippen molar-refractivity contribution in [2.24, 2.45) is 0 Å². The average Bonchev–Trinajstić information content (AvgIpc) is 2.48. The Morgan fingerprint density at radius 3 is 2.04 bits per heavy atom. The Kier molecular flexibility index (Phi) is 6.20. The van der Waals surface area contributed by atoms with Crippen molar-refractivity contribution < 1.29 is 5.11 Å². The van der Waals surface area contributed by atoms with E-state index in [0.29, 0.717) is 14.3 Å². The molecule has 3 heteroatoms. The number of rotatable bonds is 3. The number of benzene rings is 2. The Hall–Kier alpha value is -0.980. The molecule has 1 nitrogen and oxygen atoms in total. The highest BCUT2D eigenvalue weighted by Crippen LogP contribution is 2.37. The Morgan fingerprint density at radius 2 is 1.54 bits per heavy atom. The standard InChI is InChI=1S/C23H33OPS/c1-14-9-10-19(17(11-14)15(2)26)25-20-13-16(22(3,4)5)12-18(21(20)24)23(6,7)8/h9-13,15,24-26H,1-8H3. The maximum Gasteiger partial charge on any atom is 0.127 e. The molecule has 0 radical (unpaired) electrons. The first-order valence-electron chi connectivity index (χ1n) is 9.24. The second-order valence-electron chi connectivity index (χ2n) is 9.31. The monoisotopic (exact) mass is 388 g/mol. The molecule has 0 aliphatic rings. The van der Waals surface area contributed by atoms with Crippen LogP contribution < -0.4 is 10.6 Å². The summed E-state index contributed by atoms with van der Waals surface area (Å²) < 4.78 is 0. The third-order valence-corrected chi connectivity index (χ3v) is 6.36. The fourth-order valence-corrected chi connectivity index (χ4v) is 4.73. The van der Waals surface area contributed by atoms with Gasteiger partial charge in [0.25, 0.3) is 0 Å². The van der Waals surface area contributed by atoms with E-state index in [2.05, 4.69) is 98.4 Å². The molecule has 2 atom stereocenters. The largest absolute Gasteiger partial charge is 0.507 e. The van der Waals surface area contributed by atoms with Crippen LogP contribution in [0.25, 0.3) is 0 Å². The highest BCUT2D eigenvalue weighted by molar-refractivity contribution is 7.80. The molecular formula is C23H33OPS. The fraction of sp³-hybridized carbons (Fsp3) is 0.478. The predicted molar refractivity (Wildman–Crippen MR) is 122 cm³/mol.